The van der Waals surface area contributed by atoms with Crippen molar-refractivity contribution in [2.75, 3.05) is 47.5 Å². The molecular weight excluding hydrogens is 677 g/mol. The van der Waals surface area contributed by atoms with E-state index >= 15 is 0 Å². The average Bonchev–Trinajstić information content (AvgIpc) is 3.09. The molecule has 10 heteroatoms. The van der Waals surface area contributed by atoms with E-state index in [4.69, 9.17) is 24.0 Å². The Morgan fingerprint density at radius 1 is 0.596 bits per heavy atom. The van der Waals surface area contributed by atoms with Crippen molar-refractivity contribution < 1.29 is 47.5 Å². The van der Waals surface area contributed by atoms with Gasteiger partial charge in [0.15, 0.2) is 6.10 Å². The number of quaternary nitrogens is 1. The number of phosphoric ester groups is 1. The zero-order valence-corrected chi connectivity index (χ0v) is 35.5. The molecular formula is C42H84NO8P. The van der Waals surface area contributed by atoms with Gasteiger partial charge >= 0.3 is 11.9 Å². The molecule has 0 saturated carbocycles. The van der Waals surface area contributed by atoms with Gasteiger partial charge in [-0.2, -0.15) is 0 Å². The van der Waals surface area contributed by atoms with Crippen molar-refractivity contribution in [1.29, 1.82) is 0 Å². The molecule has 0 bridgehead atoms. The van der Waals surface area contributed by atoms with Crippen LogP contribution in [0.5, 0.6) is 0 Å². The summed E-state index contributed by atoms with van der Waals surface area (Å²) in [6.07, 6.45) is 17.1. The first-order chi connectivity index (χ1) is 26.3. The summed E-state index contributed by atoms with van der Waals surface area (Å²) >= 11 is 0. The molecule has 9 nitrogen and oxygen atoms in total. The summed E-state index contributed by atoms with van der Waals surface area (Å²) in [5.41, 5.74) is 0. The number of unbranched alkanes of at least 4 members (excludes halogenated alkanes) is 14. The summed E-state index contributed by atoms with van der Waals surface area (Å²) in [6.45, 7) is 7.98. The second-order valence-electron chi connectivity index (χ2n) is 16.3. The van der Waals surface area contributed by atoms with E-state index in [0.717, 1.165) is 116 Å². The second kappa shape index (κ2) is 33.4. The number of rotatable bonds is 38. The Bertz CT molecular complexity index is 1040. The average molecular weight is 766 g/mol. The lowest BCUT2D eigenvalue weighted by Gasteiger charge is -2.28. The molecule has 0 aliphatic heterocycles. The number of ether oxygens (including phenoxy) is 2. The van der Waals surface area contributed by atoms with Crippen molar-refractivity contribution >= 4 is 19.8 Å². The fourth-order valence-corrected chi connectivity index (χ4v) is 6.14. The van der Waals surface area contributed by atoms with E-state index in [2.05, 4.69) is 27.7 Å². The van der Waals surface area contributed by atoms with Crippen LogP contribution in [0.3, 0.4) is 0 Å². The number of hydrogen-bond donors (Lipinski definition) is 0. The van der Waals surface area contributed by atoms with Crippen LogP contribution in [-0.2, 0) is 32.7 Å². The summed E-state index contributed by atoms with van der Waals surface area (Å²) in [7, 11) is 1.07. The van der Waals surface area contributed by atoms with Gasteiger partial charge in [0.2, 0.25) is 0 Å². The van der Waals surface area contributed by atoms with E-state index in [-0.39, 0.29) is 51.6 Å². The molecule has 0 fully saturated rings. The number of esters is 2. The fourth-order valence-electron chi connectivity index (χ4n) is 5.41. The van der Waals surface area contributed by atoms with Crippen molar-refractivity contribution in [2.24, 2.45) is 11.8 Å². The van der Waals surface area contributed by atoms with Gasteiger partial charge in [-0.3, -0.25) is 14.2 Å². The standard InChI is InChI=1S/C42H84NO8P/c1-38(2)30-26-22-18-14-10-8-12-16-20-24-28-32-41(44)48-36-40(37-50-52(46,47)49-35-34-43(5,6)7)51-42(45)33-29-25-21-17-13-9-11-15-19-23-27-31-39(3)4/h38-40H,8-37H2,1-7H3/t40-/m1/s1/i22D,23D,26D,27D/t22?,23?,26?,27?,40-. The smallest absolute Gasteiger partial charge is 0.306 e. The first kappa shape index (κ1) is 43.7. The number of hydrogen-bond acceptors (Lipinski definition) is 8. The van der Waals surface area contributed by atoms with Gasteiger partial charge in [0.1, 0.15) is 19.8 Å². The second-order valence-corrected chi connectivity index (χ2v) is 17.7. The zero-order valence-electron chi connectivity index (χ0n) is 38.6. The molecule has 52 heavy (non-hydrogen) atoms. The summed E-state index contributed by atoms with van der Waals surface area (Å²) in [6, 6.07) is 0. The Morgan fingerprint density at radius 2 is 1.00 bits per heavy atom. The summed E-state index contributed by atoms with van der Waals surface area (Å²) in [4.78, 5) is 37.5. The summed E-state index contributed by atoms with van der Waals surface area (Å²) in [5.74, 6) is -0.0195. The lowest BCUT2D eigenvalue weighted by molar-refractivity contribution is -0.870. The van der Waals surface area contributed by atoms with Crippen molar-refractivity contribution in [3.8, 4) is 0 Å². The Balaban J connectivity index is 4.46. The van der Waals surface area contributed by atoms with E-state index in [0.29, 0.717) is 35.7 Å². The third-order valence-electron chi connectivity index (χ3n) is 8.71. The highest BCUT2D eigenvalue weighted by atomic mass is 31.2. The van der Waals surface area contributed by atoms with E-state index in [1.807, 2.05) is 21.1 Å². The van der Waals surface area contributed by atoms with Gasteiger partial charge in [-0.05, 0) is 24.7 Å². The van der Waals surface area contributed by atoms with Gasteiger partial charge in [-0.15, -0.1) is 0 Å². The normalized spacial score (nSPS) is 17.3. The predicted octanol–water partition coefficient (Wildman–Crippen LogP) is 11.1. The van der Waals surface area contributed by atoms with Gasteiger partial charge in [0.25, 0.3) is 7.82 Å². The maximum atomic E-state index is 12.7. The highest BCUT2D eigenvalue weighted by molar-refractivity contribution is 7.45. The summed E-state index contributed by atoms with van der Waals surface area (Å²) in [5, 5.41) is 0. The van der Waals surface area contributed by atoms with Gasteiger partial charge in [-0.1, -0.05) is 169 Å². The van der Waals surface area contributed by atoms with E-state index in [1.54, 1.807) is 0 Å². The zero-order chi connectivity index (χ0) is 42.4. The molecule has 0 spiro atoms. The molecule has 6 atom stereocenters. The summed E-state index contributed by atoms with van der Waals surface area (Å²) < 4.78 is 66.3. The number of likely N-dealkylation sites (N-methyl/N-ethyl adjacent to an activating group) is 1. The maximum absolute atomic E-state index is 12.7. The molecule has 0 heterocycles. The molecule has 0 rings (SSSR count). The van der Waals surface area contributed by atoms with Crippen LogP contribution in [0.4, 0.5) is 0 Å². The highest BCUT2D eigenvalue weighted by Crippen LogP contribution is 2.38. The van der Waals surface area contributed by atoms with Crippen LogP contribution in [0.1, 0.15) is 200 Å². The largest absolute Gasteiger partial charge is 0.756 e. The predicted molar refractivity (Wildman–Crippen MR) is 213 cm³/mol. The first-order valence-corrected chi connectivity index (χ1v) is 22.2. The Morgan fingerprint density at radius 3 is 1.42 bits per heavy atom. The highest BCUT2D eigenvalue weighted by Gasteiger charge is 2.21. The van der Waals surface area contributed by atoms with Crippen LogP contribution in [0, 0.1) is 11.8 Å². The van der Waals surface area contributed by atoms with Crippen LogP contribution < -0.4 is 4.89 Å². The van der Waals surface area contributed by atoms with Crippen molar-refractivity contribution in [3.63, 3.8) is 0 Å². The fraction of sp³-hybridized carbons (Fsp3) is 0.952. The Labute approximate surface area is 326 Å². The van der Waals surface area contributed by atoms with Crippen molar-refractivity contribution in [1.82, 2.24) is 0 Å². The molecule has 0 aromatic carbocycles. The van der Waals surface area contributed by atoms with Gasteiger partial charge in [-0.25, -0.2) is 0 Å². The molecule has 0 saturated heterocycles. The number of phosphoric acid groups is 1. The molecule has 0 aromatic heterocycles. The van der Waals surface area contributed by atoms with Gasteiger partial charge in [0, 0.05) is 18.3 Å². The van der Waals surface area contributed by atoms with E-state index < -0.39 is 32.5 Å². The lowest BCUT2D eigenvalue weighted by atomic mass is 10.0. The number of carbonyl (C=O) groups is 2. The third-order valence-corrected chi connectivity index (χ3v) is 9.67. The first-order valence-electron chi connectivity index (χ1n) is 23.1. The molecule has 0 aliphatic carbocycles. The van der Waals surface area contributed by atoms with Crippen LogP contribution in [-0.4, -0.2) is 70.0 Å². The maximum Gasteiger partial charge on any atom is 0.306 e. The number of nitrogens with zero attached hydrogens (tertiary/aromatic N) is 1. The Kier molecular flexibility index (Phi) is 28.1. The molecule has 0 N–H and O–H groups in total. The molecule has 0 radical (unpaired) electrons. The van der Waals surface area contributed by atoms with Crippen LogP contribution in [0.15, 0.2) is 0 Å². The lowest BCUT2D eigenvalue weighted by Crippen LogP contribution is -2.37. The van der Waals surface area contributed by atoms with Crippen molar-refractivity contribution in [2.45, 2.75) is 201 Å². The minimum atomic E-state index is -4.66. The minimum Gasteiger partial charge on any atom is -0.756 e. The van der Waals surface area contributed by atoms with Crippen molar-refractivity contribution in [3.05, 3.63) is 0 Å². The van der Waals surface area contributed by atoms with Crippen LogP contribution in [0.25, 0.3) is 0 Å². The molecule has 0 aliphatic rings. The topological polar surface area (TPSA) is 111 Å². The van der Waals surface area contributed by atoms with E-state index in [1.165, 1.54) is 0 Å². The quantitative estimate of drug-likeness (QED) is 0.0264. The number of carbonyl (C=O) groups excluding carboxylic acids is 2. The molecule has 0 aromatic rings. The molecule has 0 amide bonds. The Hall–Kier alpha value is -0.990. The van der Waals surface area contributed by atoms with Gasteiger partial charge < -0.3 is 27.9 Å². The minimum absolute atomic E-state index is 0.0572. The third kappa shape index (κ3) is 38.7. The van der Waals surface area contributed by atoms with Gasteiger partial charge in [0.05, 0.1) is 27.7 Å². The SMILES string of the molecule is [2H]C(CCCCCCCCCCC(=O)OC[C@H](COP(=O)([O-])OCC[N+](C)(C)C)OC(=O)CCCCCCCCCCC([2H])C([2H])CC(C)C)C([2H])CC(C)C. The van der Waals surface area contributed by atoms with Crippen LogP contribution in [0.2, 0.25) is 0 Å². The van der Waals surface area contributed by atoms with Crippen LogP contribution >= 0.6 is 7.82 Å². The molecule has 310 valence electrons. The molecule has 5 unspecified atom stereocenters. The van der Waals surface area contributed by atoms with E-state index in [9.17, 15) is 19.0 Å². The monoisotopic (exact) mass is 766 g/mol.